The largest absolute Gasteiger partial charge is 0.502 e. The van der Waals surface area contributed by atoms with Gasteiger partial charge in [-0.1, -0.05) is 83.3 Å². The molecule has 0 aromatic heterocycles. The molecule has 0 aromatic rings. The maximum absolute atomic E-state index is 10.9. The van der Waals surface area contributed by atoms with Crippen LogP contribution in [-0.2, 0) is 9.53 Å². The van der Waals surface area contributed by atoms with Crippen LogP contribution in [0.25, 0.3) is 0 Å². The van der Waals surface area contributed by atoms with Gasteiger partial charge >= 0.3 is 5.97 Å². The third-order valence-electron chi connectivity index (χ3n) is 3.76. The second-order valence-corrected chi connectivity index (χ2v) is 5.80. The molecular weight excluding hydrogens is 276 g/mol. The number of aliphatic hydroxyl groups is 1. The van der Waals surface area contributed by atoms with Crippen molar-refractivity contribution in [3.8, 4) is 0 Å². The van der Waals surface area contributed by atoms with Gasteiger partial charge in [0, 0.05) is 0 Å². The molecule has 0 saturated carbocycles. The number of ether oxygens (including phenoxy) is 1. The van der Waals surface area contributed by atoms with Crippen molar-refractivity contribution in [1.82, 2.24) is 0 Å². The Morgan fingerprint density at radius 1 is 0.909 bits per heavy atom. The first-order valence-electron chi connectivity index (χ1n) is 8.86. The normalized spacial score (nSPS) is 12.0. The number of hydrogen-bond donors (Lipinski definition) is 1. The summed E-state index contributed by atoms with van der Waals surface area (Å²) in [4.78, 5) is 10.9. The number of rotatable bonds is 14. The number of carbonyl (C=O) groups is 1. The van der Waals surface area contributed by atoms with Gasteiger partial charge in [0.15, 0.2) is 0 Å². The van der Waals surface area contributed by atoms with Gasteiger partial charge in [-0.15, -0.1) is 0 Å². The highest BCUT2D eigenvalue weighted by Crippen LogP contribution is 2.12. The van der Waals surface area contributed by atoms with Crippen molar-refractivity contribution < 1.29 is 14.6 Å². The van der Waals surface area contributed by atoms with Crippen LogP contribution in [0, 0.1) is 0 Å². The summed E-state index contributed by atoms with van der Waals surface area (Å²) in [7, 11) is 1.25. The molecule has 0 heterocycles. The summed E-state index contributed by atoms with van der Waals surface area (Å²) < 4.78 is 4.39. The van der Waals surface area contributed by atoms with Crippen molar-refractivity contribution in [2.24, 2.45) is 0 Å². The van der Waals surface area contributed by atoms with Crippen LogP contribution in [0.5, 0.6) is 0 Å². The van der Waals surface area contributed by atoms with E-state index in [0.29, 0.717) is 0 Å². The molecule has 0 atom stereocenters. The summed E-state index contributed by atoms with van der Waals surface area (Å²) in [6.07, 6.45) is 20.8. The van der Waals surface area contributed by atoms with Crippen LogP contribution in [0.15, 0.2) is 24.0 Å². The fraction of sp³-hybridized carbons (Fsp3) is 0.737. The Morgan fingerprint density at radius 3 is 1.91 bits per heavy atom. The molecule has 0 radical (unpaired) electrons. The maximum atomic E-state index is 10.9. The summed E-state index contributed by atoms with van der Waals surface area (Å²) in [6, 6.07) is 0. The predicted octanol–water partition coefficient (Wildman–Crippen LogP) is 5.86. The number of esters is 1. The lowest BCUT2D eigenvalue weighted by atomic mass is 10.1. The van der Waals surface area contributed by atoms with Crippen LogP contribution in [0.4, 0.5) is 0 Å². The van der Waals surface area contributed by atoms with Crippen LogP contribution in [0.3, 0.4) is 0 Å². The van der Waals surface area contributed by atoms with Crippen molar-refractivity contribution in [1.29, 1.82) is 0 Å². The minimum atomic E-state index is -0.695. The molecule has 0 spiro atoms. The second-order valence-electron chi connectivity index (χ2n) is 5.80. The third-order valence-corrected chi connectivity index (χ3v) is 3.76. The highest BCUT2D eigenvalue weighted by molar-refractivity contribution is 5.85. The van der Waals surface area contributed by atoms with Crippen LogP contribution >= 0.6 is 0 Å². The molecule has 1 N–H and O–H groups in total. The topological polar surface area (TPSA) is 46.5 Å². The highest BCUT2D eigenvalue weighted by Gasteiger charge is 2.03. The van der Waals surface area contributed by atoms with Gasteiger partial charge < -0.3 is 9.84 Å². The Labute approximate surface area is 136 Å². The molecule has 0 aliphatic carbocycles. The van der Waals surface area contributed by atoms with E-state index in [9.17, 15) is 9.90 Å². The van der Waals surface area contributed by atoms with E-state index >= 15 is 0 Å². The van der Waals surface area contributed by atoms with Crippen LogP contribution in [-0.4, -0.2) is 18.2 Å². The maximum Gasteiger partial charge on any atom is 0.373 e. The van der Waals surface area contributed by atoms with Gasteiger partial charge in [0.25, 0.3) is 0 Å². The average Bonchev–Trinajstić information content (AvgIpc) is 2.54. The smallest absolute Gasteiger partial charge is 0.373 e. The molecule has 0 aliphatic rings. The molecule has 0 fully saturated rings. The van der Waals surface area contributed by atoms with Crippen molar-refractivity contribution >= 4 is 5.97 Å². The van der Waals surface area contributed by atoms with Crippen molar-refractivity contribution in [2.75, 3.05) is 7.11 Å². The standard InChI is InChI=1S/C19H34O3/c1-3-4-5-6-7-8-9-10-11-12-13-14-15-16-17-18(20)19(21)22-2/h15-17,20H,3-14H2,1-2H3. The molecule has 0 aromatic carbocycles. The fourth-order valence-corrected chi connectivity index (χ4v) is 2.35. The summed E-state index contributed by atoms with van der Waals surface area (Å²) in [5, 5.41) is 9.24. The van der Waals surface area contributed by atoms with Gasteiger partial charge in [-0.2, -0.15) is 0 Å². The predicted molar refractivity (Wildman–Crippen MR) is 92.9 cm³/mol. The zero-order chi connectivity index (χ0) is 16.5. The zero-order valence-electron chi connectivity index (χ0n) is 14.5. The first-order chi connectivity index (χ1) is 10.7. The van der Waals surface area contributed by atoms with Crippen LogP contribution < -0.4 is 0 Å². The number of unbranched alkanes of at least 4 members (excludes halogenated alkanes) is 11. The number of hydrogen-bond acceptors (Lipinski definition) is 3. The molecular formula is C19H34O3. The minimum Gasteiger partial charge on any atom is -0.502 e. The van der Waals surface area contributed by atoms with E-state index in [1.165, 1.54) is 83.8 Å². The third kappa shape index (κ3) is 13.7. The van der Waals surface area contributed by atoms with E-state index in [1.54, 1.807) is 6.08 Å². The fourth-order valence-electron chi connectivity index (χ4n) is 2.35. The molecule has 0 bridgehead atoms. The molecule has 0 unspecified atom stereocenters. The average molecular weight is 310 g/mol. The molecule has 3 heteroatoms. The molecule has 0 amide bonds. The Hall–Kier alpha value is -1.25. The Morgan fingerprint density at radius 2 is 1.41 bits per heavy atom. The lowest BCUT2D eigenvalue weighted by molar-refractivity contribution is -0.139. The van der Waals surface area contributed by atoms with E-state index in [1.807, 2.05) is 6.08 Å². The summed E-state index contributed by atoms with van der Waals surface area (Å²) in [5.41, 5.74) is 0. The SMILES string of the molecule is CCCCCCCCCCCCCC=CC=C(O)C(=O)OC. The van der Waals surface area contributed by atoms with Gasteiger partial charge in [0.05, 0.1) is 7.11 Å². The lowest BCUT2D eigenvalue weighted by Crippen LogP contribution is -2.02. The molecule has 0 rings (SSSR count). The molecule has 22 heavy (non-hydrogen) atoms. The summed E-state index contributed by atoms with van der Waals surface area (Å²) in [6.45, 7) is 2.26. The summed E-state index contributed by atoms with van der Waals surface area (Å²) >= 11 is 0. The van der Waals surface area contributed by atoms with E-state index < -0.39 is 5.97 Å². The monoisotopic (exact) mass is 310 g/mol. The van der Waals surface area contributed by atoms with Crippen LogP contribution in [0.1, 0.15) is 84.0 Å². The van der Waals surface area contributed by atoms with Gasteiger partial charge in [0.1, 0.15) is 0 Å². The first kappa shape index (κ1) is 20.8. The van der Waals surface area contributed by atoms with E-state index in [-0.39, 0.29) is 5.76 Å². The van der Waals surface area contributed by atoms with E-state index in [0.717, 1.165) is 6.42 Å². The Balaban J connectivity index is 3.31. The van der Waals surface area contributed by atoms with Gasteiger partial charge in [-0.05, 0) is 18.9 Å². The van der Waals surface area contributed by atoms with E-state index in [2.05, 4.69) is 11.7 Å². The van der Waals surface area contributed by atoms with E-state index in [4.69, 9.17) is 0 Å². The molecule has 128 valence electrons. The highest BCUT2D eigenvalue weighted by atomic mass is 16.5. The number of methoxy groups -OCH3 is 1. The van der Waals surface area contributed by atoms with Crippen molar-refractivity contribution in [3.63, 3.8) is 0 Å². The van der Waals surface area contributed by atoms with Crippen molar-refractivity contribution in [3.05, 3.63) is 24.0 Å². The van der Waals surface area contributed by atoms with Gasteiger partial charge in [0.2, 0.25) is 5.76 Å². The lowest BCUT2D eigenvalue weighted by Gasteiger charge is -2.01. The van der Waals surface area contributed by atoms with Crippen molar-refractivity contribution in [2.45, 2.75) is 84.0 Å². The number of aliphatic hydroxyl groups excluding tert-OH is 1. The molecule has 3 nitrogen and oxygen atoms in total. The Bertz CT molecular complexity index is 319. The number of allylic oxidation sites excluding steroid dienone is 3. The molecule has 0 aliphatic heterocycles. The summed E-state index contributed by atoms with van der Waals surface area (Å²) in [5.74, 6) is -1.04. The quantitative estimate of drug-likeness (QED) is 0.144. The second kappa shape index (κ2) is 16.1. The Kier molecular flexibility index (Phi) is 15.2. The van der Waals surface area contributed by atoms with Crippen LogP contribution in [0.2, 0.25) is 0 Å². The zero-order valence-corrected chi connectivity index (χ0v) is 14.5. The van der Waals surface area contributed by atoms with Gasteiger partial charge in [-0.25, -0.2) is 4.79 Å². The number of carbonyl (C=O) groups excluding carboxylic acids is 1. The minimum absolute atomic E-state index is 0.349. The van der Waals surface area contributed by atoms with Gasteiger partial charge in [-0.3, -0.25) is 0 Å². The molecule has 0 saturated heterocycles. The first-order valence-corrected chi connectivity index (χ1v) is 8.86.